The van der Waals surface area contributed by atoms with Crippen LogP contribution in [0.3, 0.4) is 0 Å². The van der Waals surface area contributed by atoms with Crippen LogP contribution in [0.2, 0.25) is 0 Å². The van der Waals surface area contributed by atoms with Crippen LogP contribution in [0.15, 0.2) is 0 Å². The molecule has 1 atom stereocenters. The minimum absolute atomic E-state index is 0.105. The van der Waals surface area contributed by atoms with Crippen molar-refractivity contribution < 1.29 is 19.2 Å². The summed E-state index contributed by atoms with van der Waals surface area (Å²) < 4.78 is 0. The van der Waals surface area contributed by atoms with Crippen molar-refractivity contribution in [2.75, 3.05) is 13.1 Å². The average molecular weight is 366 g/mol. The van der Waals surface area contributed by atoms with Crippen molar-refractivity contribution in [1.82, 2.24) is 20.4 Å². The zero-order chi connectivity index (χ0) is 19.7. The maximum Gasteiger partial charge on any atom is 0.325 e. The Hall–Kier alpha value is -2.12. The van der Waals surface area contributed by atoms with Gasteiger partial charge < -0.3 is 15.5 Å². The highest BCUT2D eigenvalue weighted by Crippen LogP contribution is 2.35. The summed E-state index contributed by atoms with van der Waals surface area (Å²) in [7, 11) is 0. The molecule has 26 heavy (non-hydrogen) atoms. The number of hydrogen-bond donors (Lipinski definition) is 2. The van der Waals surface area contributed by atoms with Gasteiger partial charge in [0.1, 0.15) is 11.6 Å². The van der Waals surface area contributed by atoms with Crippen LogP contribution in [0.25, 0.3) is 0 Å². The molecule has 1 saturated carbocycles. The Morgan fingerprint density at radius 1 is 1.27 bits per heavy atom. The highest BCUT2D eigenvalue weighted by atomic mass is 16.2. The van der Waals surface area contributed by atoms with Crippen LogP contribution < -0.4 is 10.6 Å². The van der Waals surface area contributed by atoms with Gasteiger partial charge in [0.05, 0.1) is 6.54 Å². The maximum atomic E-state index is 12.8. The largest absolute Gasteiger partial charge is 0.350 e. The third-order valence-electron chi connectivity index (χ3n) is 4.94. The zero-order valence-corrected chi connectivity index (χ0v) is 16.3. The molecule has 1 aliphatic carbocycles. The monoisotopic (exact) mass is 366 g/mol. The van der Waals surface area contributed by atoms with Gasteiger partial charge in [-0.15, -0.1) is 0 Å². The van der Waals surface area contributed by atoms with Gasteiger partial charge in [0, 0.05) is 12.1 Å². The fraction of sp³-hybridized carbons (Fsp3) is 0.778. The minimum atomic E-state index is -0.940. The van der Waals surface area contributed by atoms with Crippen LogP contribution in [0.1, 0.15) is 60.3 Å². The molecule has 8 nitrogen and oxygen atoms in total. The molecular formula is C18H30N4O4. The average Bonchev–Trinajstić information content (AvgIpc) is 3.08. The van der Waals surface area contributed by atoms with Gasteiger partial charge in [0.15, 0.2) is 0 Å². The molecule has 2 fully saturated rings. The Kier molecular flexibility index (Phi) is 5.63. The number of nitrogens with zero attached hydrogens (tertiary/aromatic N) is 2. The standard InChI is InChI=1S/C18H30N4O4/c1-6-21(11-13(23)19-17(3,4)5)14(24)12(2)22-15(25)18(20-16(22)26)9-7-8-10-18/h12H,6-11H2,1-5H3,(H,19,23)(H,20,26). The van der Waals surface area contributed by atoms with E-state index in [0.29, 0.717) is 19.4 Å². The Morgan fingerprint density at radius 3 is 2.35 bits per heavy atom. The van der Waals surface area contributed by atoms with Crippen molar-refractivity contribution in [2.24, 2.45) is 0 Å². The van der Waals surface area contributed by atoms with E-state index in [-0.39, 0.29) is 18.4 Å². The number of likely N-dealkylation sites (N-methyl/N-ethyl adjacent to an activating group) is 1. The van der Waals surface area contributed by atoms with E-state index < -0.39 is 29.1 Å². The Morgan fingerprint density at radius 2 is 1.85 bits per heavy atom. The molecule has 1 aliphatic heterocycles. The van der Waals surface area contributed by atoms with Crippen molar-refractivity contribution in [3.63, 3.8) is 0 Å². The molecule has 5 amide bonds. The van der Waals surface area contributed by atoms with Gasteiger partial charge in [0.2, 0.25) is 11.8 Å². The molecule has 0 aromatic rings. The van der Waals surface area contributed by atoms with E-state index in [1.165, 1.54) is 11.8 Å². The molecule has 2 aliphatic rings. The number of carbonyl (C=O) groups is 4. The summed E-state index contributed by atoms with van der Waals surface area (Å²) >= 11 is 0. The fourth-order valence-corrected chi connectivity index (χ4v) is 3.66. The first-order chi connectivity index (χ1) is 12.0. The lowest BCUT2D eigenvalue weighted by Gasteiger charge is -2.29. The van der Waals surface area contributed by atoms with Crippen molar-refractivity contribution in [2.45, 2.75) is 77.4 Å². The smallest absolute Gasteiger partial charge is 0.325 e. The van der Waals surface area contributed by atoms with Crippen LogP contribution in [-0.4, -0.2) is 63.8 Å². The molecular weight excluding hydrogens is 336 g/mol. The quantitative estimate of drug-likeness (QED) is 0.709. The number of amides is 5. The molecule has 1 heterocycles. The number of carbonyl (C=O) groups excluding carboxylic acids is 4. The summed E-state index contributed by atoms with van der Waals surface area (Å²) in [6, 6.07) is -1.46. The SMILES string of the molecule is CCN(CC(=O)NC(C)(C)C)C(=O)C(C)N1C(=O)NC2(CCCC2)C1=O. The molecule has 0 radical (unpaired) electrons. The third-order valence-corrected chi connectivity index (χ3v) is 4.94. The van der Waals surface area contributed by atoms with Gasteiger partial charge in [-0.25, -0.2) is 9.69 Å². The second-order valence-electron chi connectivity index (χ2n) is 8.22. The first kappa shape index (κ1) is 20.2. The Bertz CT molecular complexity index is 605. The van der Waals surface area contributed by atoms with Gasteiger partial charge in [-0.05, 0) is 47.5 Å². The van der Waals surface area contributed by atoms with Gasteiger partial charge in [-0.2, -0.15) is 0 Å². The number of nitrogens with one attached hydrogen (secondary N) is 2. The summed E-state index contributed by atoms with van der Waals surface area (Å²) in [5.74, 6) is -1.00. The van der Waals surface area contributed by atoms with Crippen LogP contribution in [-0.2, 0) is 14.4 Å². The first-order valence-corrected chi connectivity index (χ1v) is 9.26. The van der Waals surface area contributed by atoms with E-state index in [0.717, 1.165) is 17.7 Å². The molecule has 2 rings (SSSR count). The van der Waals surface area contributed by atoms with E-state index in [1.54, 1.807) is 6.92 Å². The molecule has 8 heteroatoms. The lowest BCUT2D eigenvalue weighted by Crippen LogP contribution is -2.53. The predicted octanol–water partition coefficient (Wildman–Crippen LogP) is 1.00. The maximum absolute atomic E-state index is 12.8. The van der Waals surface area contributed by atoms with Crippen LogP contribution in [0.4, 0.5) is 4.79 Å². The fourth-order valence-electron chi connectivity index (χ4n) is 3.66. The van der Waals surface area contributed by atoms with E-state index in [2.05, 4.69) is 10.6 Å². The third kappa shape index (κ3) is 3.99. The number of urea groups is 1. The number of hydrogen-bond acceptors (Lipinski definition) is 4. The summed E-state index contributed by atoms with van der Waals surface area (Å²) in [6.45, 7) is 9.10. The highest BCUT2D eigenvalue weighted by Gasteiger charge is 2.54. The summed E-state index contributed by atoms with van der Waals surface area (Å²) in [4.78, 5) is 52.5. The van der Waals surface area contributed by atoms with E-state index in [4.69, 9.17) is 0 Å². The van der Waals surface area contributed by atoms with Crippen LogP contribution in [0, 0.1) is 0 Å². The van der Waals surface area contributed by atoms with E-state index >= 15 is 0 Å². The lowest BCUT2D eigenvalue weighted by atomic mass is 9.97. The molecule has 1 unspecified atom stereocenters. The molecule has 1 saturated heterocycles. The van der Waals surface area contributed by atoms with Crippen LogP contribution >= 0.6 is 0 Å². The summed E-state index contributed by atoms with van der Waals surface area (Å²) in [5.41, 5.74) is -1.24. The molecule has 1 spiro atoms. The molecule has 2 N–H and O–H groups in total. The van der Waals surface area contributed by atoms with Crippen molar-refractivity contribution in [3.05, 3.63) is 0 Å². The second-order valence-corrected chi connectivity index (χ2v) is 8.22. The van der Waals surface area contributed by atoms with Crippen molar-refractivity contribution in [1.29, 1.82) is 0 Å². The zero-order valence-electron chi connectivity index (χ0n) is 16.3. The van der Waals surface area contributed by atoms with Gasteiger partial charge in [-0.1, -0.05) is 12.8 Å². The van der Waals surface area contributed by atoms with Crippen LogP contribution in [0.5, 0.6) is 0 Å². The van der Waals surface area contributed by atoms with Crippen molar-refractivity contribution >= 4 is 23.8 Å². The highest BCUT2D eigenvalue weighted by molar-refractivity contribution is 6.10. The number of imide groups is 1. The molecule has 0 aromatic heterocycles. The van der Waals surface area contributed by atoms with E-state index in [1.807, 2.05) is 20.8 Å². The summed E-state index contributed by atoms with van der Waals surface area (Å²) in [6.07, 6.45) is 2.99. The van der Waals surface area contributed by atoms with Gasteiger partial charge in [-0.3, -0.25) is 14.4 Å². The Labute approximate surface area is 154 Å². The summed E-state index contributed by atoms with van der Waals surface area (Å²) in [5, 5.41) is 5.59. The molecule has 0 bridgehead atoms. The second kappa shape index (κ2) is 7.25. The molecule has 0 aromatic carbocycles. The first-order valence-electron chi connectivity index (χ1n) is 9.26. The Balaban J connectivity index is 2.08. The number of rotatable bonds is 5. The lowest BCUT2D eigenvalue weighted by molar-refractivity contribution is -0.144. The topological polar surface area (TPSA) is 98.8 Å². The van der Waals surface area contributed by atoms with Crippen molar-refractivity contribution in [3.8, 4) is 0 Å². The normalized spacial score (nSPS) is 20.3. The predicted molar refractivity (Wildman–Crippen MR) is 96.2 cm³/mol. The molecule has 146 valence electrons. The van der Waals surface area contributed by atoms with Gasteiger partial charge in [0.25, 0.3) is 5.91 Å². The minimum Gasteiger partial charge on any atom is -0.350 e. The van der Waals surface area contributed by atoms with E-state index in [9.17, 15) is 19.2 Å². The van der Waals surface area contributed by atoms with Gasteiger partial charge >= 0.3 is 6.03 Å².